The third kappa shape index (κ3) is 3.91. The minimum atomic E-state index is 0.337. The smallest absolute Gasteiger partial charge is 0.0422 e. The second-order valence-electron chi connectivity index (χ2n) is 5.38. The Kier molecular flexibility index (Phi) is 5.31. The zero-order valence-corrected chi connectivity index (χ0v) is 12.7. The molecule has 0 saturated carbocycles. The first-order chi connectivity index (χ1) is 9.70. The summed E-state index contributed by atoms with van der Waals surface area (Å²) in [5.74, 6) is 0. The minimum Gasteiger partial charge on any atom is -0.310 e. The molecule has 0 fully saturated rings. The molecule has 2 nitrogen and oxygen atoms in total. The van der Waals surface area contributed by atoms with Gasteiger partial charge in [-0.25, -0.2) is 0 Å². The fourth-order valence-corrected chi connectivity index (χ4v) is 2.34. The van der Waals surface area contributed by atoms with Crippen LogP contribution in [-0.4, -0.2) is 11.5 Å². The van der Waals surface area contributed by atoms with Crippen molar-refractivity contribution in [3.05, 3.63) is 65.0 Å². The normalized spacial score (nSPS) is 12.3. The molecule has 0 spiro atoms. The van der Waals surface area contributed by atoms with Gasteiger partial charge in [-0.3, -0.25) is 4.98 Å². The molecule has 0 saturated heterocycles. The first kappa shape index (κ1) is 14.7. The molecule has 0 amide bonds. The average Bonchev–Trinajstić information content (AvgIpc) is 2.47. The molecule has 1 aromatic carbocycles. The summed E-state index contributed by atoms with van der Waals surface area (Å²) >= 11 is 0. The summed E-state index contributed by atoms with van der Waals surface area (Å²) in [6, 6.07) is 13.2. The number of aryl methyl sites for hydroxylation is 2. The van der Waals surface area contributed by atoms with Crippen LogP contribution in [0.2, 0.25) is 0 Å². The zero-order valence-electron chi connectivity index (χ0n) is 12.7. The Morgan fingerprint density at radius 3 is 2.60 bits per heavy atom. The Balaban J connectivity index is 2.20. The molecule has 1 N–H and O–H groups in total. The van der Waals surface area contributed by atoms with E-state index in [0.717, 1.165) is 25.1 Å². The van der Waals surface area contributed by atoms with Gasteiger partial charge >= 0.3 is 0 Å². The van der Waals surface area contributed by atoms with Gasteiger partial charge in [0.2, 0.25) is 0 Å². The van der Waals surface area contributed by atoms with Crippen LogP contribution in [-0.2, 0) is 6.42 Å². The van der Waals surface area contributed by atoms with Gasteiger partial charge in [-0.05, 0) is 55.6 Å². The van der Waals surface area contributed by atoms with Gasteiger partial charge < -0.3 is 5.32 Å². The lowest BCUT2D eigenvalue weighted by atomic mass is 9.97. The van der Waals surface area contributed by atoms with Crippen molar-refractivity contribution in [1.82, 2.24) is 10.3 Å². The second-order valence-corrected chi connectivity index (χ2v) is 5.38. The summed E-state index contributed by atoms with van der Waals surface area (Å²) < 4.78 is 0. The molecule has 20 heavy (non-hydrogen) atoms. The molecule has 2 heteroatoms. The van der Waals surface area contributed by atoms with Crippen molar-refractivity contribution in [2.45, 2.75) is 39.7 Å². The van der Waals surface area contributed by atoms with Crippen LogP contribution < -0.4 is 5.32 Å². The van der Waals surface area contributed by atoms with Gasteiger partial charge in [0.15, 0.2) is 0 Å². The molecule has 1 unspecified atom stereocenters. The third-order valence-corrected chi connectivity index (χ3v) is 3.71. The van der Waals surface area contributed by atoms with E-state index in [1.54, 1.807) is 0 Å². The first-order valence-electron chi connectivity index (χ1n) is 7.41. The number of benzene rings is 1. The van der Waals surface area contributed by atoms with E-state index >= 15 is 0 Å². The van der Waals surface area contributed by atoms with Crippen LogP contribution in [0.5, 0.6) is 0 Å². The number of nitrogens with zero attached hydrogens (tertiary/aromatic N) is 1. The molecule has 1 atom stereocenters. The minimum absolute atomic E-state index is 0.337. The largest absolute Gasteiger partial charge is 0.310 e. The summed E-state index contributed by atoms with van der Waals surface area (Å²) in [6.07, 6.45) is 3.94. The van der Waals surface area contributed by atoms with Crippen molar-refractivity contribution >= 4 is 0 Å². The number of nitrogens with one attached hydrogen (secondary N) is 1. The van der Waals surface area contributed by atoms with Crippen LogP contribution in [0.1, 0.15) is 41.8 Å². The van der Waals surface area contributed by atoms with Gasteiger partial charge in [0.1, 0.15) is 0 Å². The van der Waals surface area contributed by atoms with Gasteiger partial charge in [-0.15, -0.1) is 0 Å². The maximum atomic E-state index is 4.45. The maximum absolute atomic E-state index is 4.45. The van der Waals surface area contributed by atoms with Crippen molar-refractivity contribution < 1.29 is 0 Å². The topological polar surface area (TPSA) is 24.9 Å². The van der Waals surface area contributed by atoms with Crippen molar-refractivity contribution in [3.8, 4) is 0 Å². The highest BCUT2D eigenvalue weighted by Gasteiger charge is 2.12. The zero-order chi connectivity index (χ0) is 14.4. The summed E-state index contributed by atoms with van der Waals surface area (Å²) in [5, 5.41) is 3.64. The number of hydrogen-bond donors (Lipinski definition) is 1. The van der Waals surface area contributed by atoms with Crippen LogP contribution in [0.15, 0.2) is 42.6 Å². The fraction of sp³-hybridized carbons (Fsp3) is 0.389. The summed E-state index contributed by atoms with van der Waals surface area (Å²) in [6.45, 7) is 7.57. The summed E-state index contributed by atoms with van der Waals surface area (Å²) in [5.41, 5.74) is 5.19. The fourth-order valence-electron chi connectivity index (χ4n) is 2.34. The predicted molar refractivity (Wildman–Crippen MR) is 84.9 cm³/mol. The second kappa shape index (κ2) is 7.20. The molecular formula is C18H24N2. The molecular weight excluding hydrogens is 244 g/mol. The van der Waals surface area contributed by atoms with Gasteiger partial charge in [-0.1, -0.05) is 31.2 Å². The van der Waals surface area contributed by atoms with E-state index in [-0.39, 0.29) is 0 Å². The van der Waals surface area contributed by atoms with Crippen molar-refractivity contribution in [2.24, 2.45) is 0 Å². The molecule has 1 aromatic heterocycles. The molecule has 0 bridgehead atoms. The molecule has 2 rings (SSSR count). The van der Waals surface area contributed by atoms with Crippen molar-refractivity contribution in [1.29, 1.82) is 0 Å². The van der Waals surface area contributed by atoms with E-state index in [1.807, 2.05) is 12.3 Å². The number of rotatable bonds is 6. The lowest BCUT2D eigenvalue weighted by Crippen LogP contribution is -2.24. The Hall–Kier alpha value is -1.67. The number of pyridine rings is 1. The summed E-state index contributed by atoms with van der Waals surface area (Å²) in [4.78, 5) is 4.45. The van der Waals surface area contributed by atoms with Crippen molar-refractivity contribution in [2.75, 3.05) is 6.54 Å². The van der Waals surface area contributed by atoms with E-state index in [0.29, 0.717) is 6.04 Å². The monoisotopic (exact) mass is 268 g/mol. The number of hydrogen-bond acceptors (Lipinski definition) is 2. The lowest BCUT2D eigenvalue weighted by molar-refractivity contribution is 0.524. The van der Waals surface area contributed by atoms with Crippen molar-refractivity contribution in [3.63, 3.8) is 0 Å². The SMILES string of the molecule is CCCNC(Cc1ccccn1)c1ccc(C)c(C)c1. The third-order valence-electron chi connectivity index (χ3n) is 3.71. The quantitative estimate of drug-likeness (QED) is 0.857. The van der Waals surface area contributed by atoms with Crippen LogP contribution >= 0.6 is 0 Å². The molecule has 0 aliphatic carbocycles. The highest BCUT2D eigenvalue weighted by atomic mass is 14.9. The van der Waals surface area contributed by atoms with Gasteiger partial charge in [0, 0.05) is 24.4 Å². The maximum Gasteiger partial charge on any atom is 0.0422 e. The standard InChI is InChI=1S/C18H24N2/c1-4-10-20-18(13-17-7-5-6-11-19-17)16-9-8-14(2)15(3)12-16/h5-9,11-12,18,20H,4,10,13H2,1-3H3. The Morgan fingerprint density at radius 2 is 1.95 bits per heavy atom. The van der Waals surface area contributed by atoms with Crippen LogP contribution in [0.3, 0.4) is 0 Å². The average molecular weight is 268 g/mol. The van der Waals surface area contributed by atoms with E-state index in [1.165, 1.54) is 16.7 Å². The molecule has 2 aromatic rings. The van der Waals surface area contributed by atoms with E-state index in [4.69, 9.17) is 0 Å². The molecule has 0 radical (unpaired) electrons. The highest BCUT2D eigenvalue weighted by molar-refractivity contribution is 5.32. The van der Waals surface area contributed by atoms with Crippen LogP contribution in [0, 0.1) is 13.8 Å². The predicted octanol–water partition coefficient (Wildman–Crippen LogP) is 3.98. The highest BCUT2D eigenvalue weighted by Crippen LogP contribution is 2.20. The lowest BCUT2D eigenvalue weighted by Gasteiger charge is -2.20. The molecule has 0 aliphatic heterocycles. The van der Waals surface area contributed by atoms with Gasteiger partial charge in [0.25, 0.3) is 0 Å². The van der Waals surface area contributed by atoms with Crippen LogP contribution in [0.25, 0.3) is 0 Å². The number of aromatic nitrogens is 1. The van der Waals surface area contributed by atoms with Gasteiger partial charge in [-0.2, -0.15) is 0 Å². The van der Waals surface area contributed by atoms with E-state index in [2.05, 4.69) is 61.4 Å². The van der Waals surface area contributed by atoms with E-state index < -0.39 is 0 Å². The van der Waals surface area contributed by atoms with Gasteiger partial charge in [0.05, 0.1) is 0 Å². The molecule has 0 aliphatic rings. The van der Waals surface area contributed by atoms with E-state index in [9.17, 15) is 0 Å². The Morgan fingerprint density at radius 1 is 1.10 bits per heavy atom. The molecule has 1 heterocycles. The first-order valence-corrected chi connectivity index (χ1v) is 7.41. The summed E-state index contributed by atoms with van der Waals surface area (Å²) in [7, 11) is 0. The van der Waals surface area contributed by atoms with Crippen LogP contribution in [0.4, 0.5) is 0 Å². The molecule has 106 valence electrons. The Labute approximate surface area is 122 Å². The Bertz CT molecular complexity index is 534.